The summed E-state index contributed by atoms with van der Waals surface area (Å²) in [6.45, 7) is 1.61. The van der Waals surface area contributed by atoms with Crippen LogP contribution < -0.4 is 0 Å². The Balaban J connectivity index is 2.16. The Bertz CT molecular complexity index is 538. The molecule has 1 aromatic rings. The molecule has 1 aliphatic rings. The van der Waals surface area contributed by atoms with Crippen molar-refractivity contribution in [2.75, 3.05) is 26.8 Å². The molecule has 1 aliphatic heterocycles. The first-order valence-electron chi connectivity index (χ1n) is 6.78. The van der Waals surface area contributed by atoms with Gasteiger partial charge in [0.15, 0.2) is 0 Å². The summed E-state index contributed by atoms with van der Waals surface area (Å²) in [5.74, 6) is 0.338. The Labute approximate surface area is 120 Å². The lowest BCUT2D eigenvalue weighted by atomic mass is 10.0. The molecular formula is C14H21NO4S. The van der Waals surface area contributed by atoms with Crippen LogP contribution in [0.4, 0.5) is 0 Å². The minimum atomic E-state index is -3.55. The second kappa shape index (κ2) is 6.67. The van der Waals surface area contributed by atoms with Gasteiger partial charge in [-0.25, -0.2) is 12.7 Å². The van der Waals surface area contributed by atoms with E-state index in [2.05, 4.69) is 0 Å². The van der Waals surface area contributed by atoms with Crippen molar-refractivity contribution < 1.29 is 18.3 Å². The molecule has 0 aromatic heterocycles. The zero-order valence-corrected chi connectivity index (χ0v) is 12.5. The highest BCUT2D eigenvalue weighted by molar-refractivity contribution is 7.89. The van der Waals surface area contributed by atoms with Crippen LogP contribution in [0.15, 0.2) is 29.2 Å². The van der Waals surface area contributed by atoms with Crippen LogP contribution in [-0.4, -0.2) is 44.6 Å². The van der Waals surface area contributed by atoms with E-state index in [0.717, 1.165) is 12.8 Å². The SMILES string of the molecule is CN(CC1CCOCC1)S(=O)(=O)c1ccccc1CO. The normalized spacial score (nSPS) is 17.6. The highest BCUT2D eigenvalue weighted by Gasteiger charge is 2.26. The van der Waals surface area contributed by atoms with Gasteiger partial charge in [-0.1, -0.05) is 18.2 Å². The lowest BCUT2D eigenvalue weighted by Gasteiger charge is -2.27. The molecule has 0 bridgehead atoms. The molecular weight excluding hydrogens is 278 g/mol. The number of hydrogen-bond donors (Lipinski definition) is 1. The number of hydrogen-bond acceptors (Lipinski definition) is 4. The fraction of sp³-hybridized carbons (Fsp3) is 0.571. The monoisotopic (exact) mass is 299 g/mol. The Morgan fingerprint density at radius 3 is 2.60 bits per heavy atom. The van der Waals surface area contributed by atoms with Crippen molar-refractivity contribution in [1.82, 2.24) is 4.31 Å². The van der Waals surface area contributed by atoms with Gasteiger partial charge in [-0.2, -0.15) is 0 Å². The number of nitrogens with zero attached hydrogens (tertiary/aromatic N) is 1. The average Bonchev–Trinajstić information content (AvgIpc) is 2.48. The third-order valence-corrected chi connectivity index (χ3v) is 5.61. The molecule has 1 saturated heterocycles. The Kier molecular flexibility index (Phi) is 5.15. The van der Waals surface area contributed by atoms with Crippen LogP contribution in [0.25, 0.3) is 0 Å². The van der Waals surface area contributed by atoms with Crippen LogP contribution in [0.5, 0.6) is 0 Å². The number of ether oxygens (including phenoxy) is 1. The molecule has 20 heavy (non-hydrogen) atoms. The summed E-state index contributed by atoms with van der Waals surface area (Å²) in [5, 5.41) is 9.29. The molecule has 0 amide bonds. The lowest BCUT2D eigenvalue weighted by Crippen LogP contribution is -2.34. The van der Waals surface area contributed by atoms with E-state index in [-0.39, 0.29) is 11.5 Å². The van der Waals surface area contributed by atoms with Gasteiger partial charge >= 0.3 is 0 Å². The van der Waals surface area contributed by atoms with Gasteiger partial charge in [-0.15, -0.1) is 0 Å². The predicted molar refractivity (Wildman–Crippen MR) is 75.7 cm³/mol. The van der Waals surface area contributed by atoms with E-state index in [1.54, 1.807) is 31.3 Å². The van der Waals surface area contributed by atoms with Crippen LogP contribution in [0.2, 0.25) is 0 Å². The van der Waals surface area contributed by atoms with Crippen molar-refractivity contribution in [2.24, 2.45) is 5.92 Å². The maximum Gasteiger partial charge on any atom is 0.243 e. The summed E-state index contributed by atoms with van der Waals surface area (Å²) in [4.78, 5) is 0.192. The Morgan fingerprint density at radius 1 is 1.30 bits per heavy atom. The van der Waals surface area contributed by atoms with E-state index in [9.17, 15) is 13.5 Å². The maximum atomic E-state index is 12.6. The molecule has 0 atom stereocenters. The van der Waals surface area contributed by atoms with Gasteiger partial charge in [0.05, 0.1) is 11.5 Å². The molecule has 6 heteroatoms. The number of aliphatic hydroxyl groups excluding tert-OH is 1. The second-order valence-electron chi connectivity index (χ2n) is 5.11. The van der Waals surface area contributed by atoms with E-state index in [1.807, 2.05) is 0 Å². The predicted octanol–water partition coefficient (Wildman–Crippen LogP) is 1.23. The molecule has 2 rings (SSSR count). The minimum Gasteiger partial charge on any atom is -0.392 e. The first kappa shape index (κ1) is 15.4. The largest absolute Gasteiger partial charge is 0.392 e. The fourth-order valence-electron chi connectivity index (χ4n) is 2.44. The number of rotatable bonds is 5. The fourth-order valence-corrected chi connectivity index (χ4v) is 3.90. The van der Waals surface area contributed by atoms with E-state index < -0.39 is 10.0 Å². The standard InChI is InChI=1S/C14H21NO4S/c1-15(10-12-6-8-19-9-7-12)20(17,18)14-5-3-2-4-13(14)11-16/h2-5,12,16H,6-11H2,1H3. The van der Waals surface area contributed by atoms with Gasteiger partial charge in [0.25, 0.3) is 0 Å². The zero-order chi connectivity index (χ0) is 14.6. The highest BCUT2D eigenvalue weighted by atomic mass is 32.2. The third-order valence-electron chi connectivity index (χ3n) is 3.69. The summed E-state index contributed by atoms with van der Waals surface area (Å²) < 4.78 is 31.8. The van der Waals surface area contributed by atoms with Crippen LogP contribution in [0, 0.1) is 5.92 Å². The van der Waals surface area contributed by atoms with Crippen LogP contribution >= 0.6 is 0 Å². The zero-order valence-electron chi connectivity index (χ0n) is 11.7. The molecule has 0 unspecified atom stereocenters. The van der Waals surface area contributed by atoms with Crippen molar-refractivity contribution in [1.29, 1.82) is 0 Å². The number of sulfonamides is 1. The molecule has 1 N–H and O–H groups in total. The van der Waals surface area contributed by atoms with E-state index in [0.29, 0.717) is 31.2 Å². The average molecular weight is 299 g/mol. The molecule has 5 nitrogen and oxygen atoms in total. The van der Waals surface area contributed by atoms with Gasteiger partial charge in [0.2, 0.25) is 10.0 Å². The summed E-state index contributed by atoms with van der Waals surface area (Å²) in [5.41, 5.74) is 0.436. The number of aliphatic hydroxyl groups is 1. The molecule has 1 heterocycles. The van der Waals surface area contributed by atoms with Crippen LogP contribution in [0.1, 0.15) is 18.4 Å². The summed E-state index contributed by atoms with van der Waals surface area (Å²) >= 11 is 0. The van der Waals surface area contributed by atoms with Gasteiger partial charge in [0.1, 0.15) is 0 Å². The van der Waals surface area contributed by atoms with Gasteiger partial charge in [0, 0.05) is 26.8 Å². The van der Waals surface area contributed by atoms with Gasteiger partial charge in [-0.05, 0) is 30.4 Å². The van der Waals surface area contributed by atoms with Crippen LogP contribution in [0.3, 0.4) is 0 Å². The maximum absolute atomic E-state index is 12.6. The minimum absolute atomic E-state index is 0.192. The first-order valence-corrected chi connectivity index (χ1v) is 8.22. The van der Waals surface area contributed by atoms with Crippen molar-refractivity contribution in [3.05, 3.63) is 29.8 Å². The van der Waals surface area contributed by atoms with Crippen molar-refractivity contribution in [3.8, 4) is 0 Å². The van der Waals surface area contributed by atoms with E-state index >= 15 is 0 Å². The molecule has 112 valence electrons. The van der Waals surface area contributed by atoms with Crippen LogP contribution in [-0.2, 0) is 21.4 Å². The summed E-state index contributed by atoms with van der Waals surface area (Å²) in [6.07, 6.45) is 1.78. The number of benzene rings is 1. The van der Waals surface area contributed by atoms with E-state index in [4.69, 9.17) is 4.74 Å². The lowest BCUT2D eigenvalue weighted by molar-refractivity contribution is 0.0620. The Hall–Kier alpha value is -0.950. The summed E-state index contributed by atoms with van der Waals surface area (Å²) in [6, 6.07) is 6.58. The molecule has 1 fully saturated rings. The van der Waals surface area contributed by atoms with Gasteiger partial charge in [-0.3, -0.25) is 0 Å². The first-order chi connectivity index (χ1) is 9.55. The molecule has 1 aromatic carbocycles. The van der Waals surface area contributed by atoms with Crippen molar-refractivity contribution in [2.45, 2.75) is 24.3 Å². The second-order valence-corrected chi connectivity index (χ2v) is 7.12. The van der Waals surface area contributed by atoms with Crippen molar-refractivity contribution >= 4 is 10.0 Å². The molecule has 0 spiro atoms. The molecule has 0 aliphatic carbocycles. The van der Waals surface area contributed by atoms with Crippen molar-refractivity contribution in [3.63, 3.8) is 0 Å². The Morgan fingerprint density at radius 2 is 1.95 bits per heavy atom. The van der Waals surface area contributed by atoms with Gasteiger partial charge < -0.3 is 9.84 Å². The molecule has 0 radical (unpaired) electrons. The smallest absolute Gasteiger partial charge is 0.243 e. The van der Waals surface area contributed by atoms with E-state index in [1.165, 1.54) is 4.31 Å². The molecule has 0 saturated carbocycles. The highest BCUT2D eigenvalue weighted by Crippen LogP contribution is 2.22. The summed E-state index contributed by atoms with van der Waals surface area (Å²) in [7, 11) is -1.95. The quantitative estimate of drug-likeness (QED) is 0.888. The topological polar surface area (TPSA) is 66.8 Å². The third kappa shape index (κ3) is 3.38.